The zero-order valence-corrected chi connectivity index (χ0v) is 52.4. The van der Waals surface area contributed by atoms with E-state index in [1.807, 2.05) is 103 Å². The normalized spacial score (nSPS) is 14.4. The van der Waals surface area contributed by atoms with Crippen LogP contribution in [0.4, 0.5) is 0 Å². The molecule has 6 aromatic heterocycles. The maximum atomic E-state index is 13.6. The van der Waals surface area contributed by atoms with Crippen molar-refractivity contribution < 1.29 is 56.8 Å². The van der Waals surface area contributed by atoms with Gasteiger partial charge in [-0.2, -0.15) is 0 Å². The molecule has 14 rings (SSSR count). The molecule has 4 aromatic carbocycles. The van der Waals surface area contributed by atoms with E-state index in [4.69, 9.17) is 63.5 Å². The molecule has 3 N–H and O–H groups in total. The van der Waals surface area contributed by atoms with E-state index in [-0.39, 0.29) is 34.5 Å². The summed E-state index contributed by atoms with van der Waals surface area (Å²) in [6.45, 7) is 22.7. The van der Waals surface area contributed by atoms with Gasteiger partial charge in [-0.15, -0.1) is 0 Å². The number of carbonyl (C=O) groups is 2. The maximum Gasteiger partial charge on any atom is 0.298 e. The molecular formula is C67H83BN11O12. The lowest BCUT2D eigenvalue weighted by molar-refractivity contribution is -0.120. The van der Waals surface area contributed by atoms with E-state index >= 15 is 0 Å². The molecule has 481 valence electrons. The van der Waals surface area contributed by atoms with E-state index in [2.05, 4.69) is 49.2 Å². The lowest BCUT2D eigenvalue weighted by Gasteiger charge is -2.33. The number of likely N-dealkylation sites (N-methyl/N-ethyl adjacent to an activating group) is 1. The number of piperidine rings is 1. The number of nitrogens with zero attached hydrogens (tertiary/aromatic N) is 9. The lowest BCUT2D eigenvalue weighted by atomic mass is 9.98. The van der Waals surface area contributed by atoms with Gasteiger partial charge < -0.3 is 71.9 Å². The average Bonchev–Trinajstić information content (AvgIpc) is 1.52. The molecule has 10 heterocycles. The number of aryl methyl sites for hydroxylation is 6. The van der Waals surface area contributed by atoms with Crippen LogP contribution in [0.3, 0.4) is 0 Å². The lowest BCUT2D eigenvalue weighted by Crippen LogP contribution is -2.47. The van der Waals surface area contributed by atoms with Crippen LogP contribution in [0.2, 0.25) is 0 Å². The minimum Gasteiger partial charge on any atom is -0.496 e. The van der Waals surface area contributed by atoms with Crippen LogP contribution in [0.15, 0.2) is 57.6 Å². The van der Waals surface area contributed by atoms with Gasteiger partial charge in [0.15, 0.2) is 23.0 Å². The number of piperazine rings is 1. The van der Waals surface area contributed by atoms with Crippen LogP contribution in [-0.4, -0.2) is 176 Å². The van der Waals surface area contributed by atoms with Crippen molar-refractivity contribution in [1.29, 1.82) is 1.34 Å². The van der Waals surface area contributed by atoms with Gasteiger partial charge in [-0.05, 0) is 130 Å². The summed E-state index contributed by atoms with van der Waals surface area (Å²) in [7, 11) is 7.79. The Hall–Kier alpha value is -9.26. The maximum absolute atomic E-state index is 13.6. The highest BCUT2D eigenvalue weighted by atomic mass is 16.6. The van der Waals surface area contributed by atoms with Crippen LogP contribution >= 0.6 is 0 Å². The number of methoxy groups -OCH3 is 2. The number of hydrogen-bond acceptors (Lipinski definition) is 20. The molecule has 0 spiro atoms. The van der Waals surface area contributed by atoms with Crippen molar-refractivity contribution in [3.05, 3.63) is 88.7 Å². The van der Waals surface area contributed by atoms with Gasteiger partial charge in [0, 0.05) is 71.6 Å². The highest BCUT2D eigenvalue weighted by Crippen LogP contribution is 2.50. The first-order chi connectivity index (χ1) is 43.6. The SMILES string of the molecule is C.C.CC.CN1CCCCC1.COc1cc2c(cc1-c1c(C)noc1C)[nH]c1nc(C)nc(-c3ccc(C(=O)N4CCN(C)CC4)c4c3OCCO4)c12.COc1cc2c(cc1-c1c(C)noc1C)[nH]c1nc(C)nc(-c3ccc(OC=O)c4c3OCCO4)c12.[3H][B]O. The van der Waals surface area contributed by atoms with E-state index in [0.29, 0.717) is 137 Å². The monoisotopic (exact) mass is 1250 g/mol. The van der Waals surface area contributed by atoms with Gasteiger partial charge in [-0.25, -0.2) is 19.9 Å². The molecule has 0 bridgehead atoms. The Morgan fingerprint density at radius 3 is 1.46 bits per heavy atom. The summed E-state index contributed by atoms with van der Waals surface area (Å²) in [6, 6.07) is 15.2. The van der Waals surface area contributed by atoms with Crippen molar-refractivity contribution in [2.75, 3.05) is 94.0 Å². The zero-order chi connectivity index (χ0) is 63.9. The molecule has 23 nitrogen and oxygen atoms in total. The smallest absolute Gasteiger partial charge is 0.298 e. The highest BCUT2D eigenvalue weighted by molar-refractivity contribution is 6.16. The van der Waals surface area contributed by atoms with Crippen molar-refractivity contribution in [1.82, 2.24) is 54.9 Å². The van der Waals surface area contributed by atoms with Crippen molar-refractivity contribution in [2.24, 2.45) is 0 Å². The van der Waals surface area contributed by atoms with Gasteiger partial charge >= 0.3 is 0 Å². The number of likely N-dealkylation sites (tertiary alicyclic amines) is 1. The third kappa shape index (κ3) is 13.3. The van der Waals surface area contributed by atoms with Gasteiger partial charge in [-0.1, -0.05) is 45.4 Å². The fraction of sp³-hybridized carbons (Fsp3) is 0.403. The number of aromatic amines is 2. The quantitative estimate of drug-likeness (QED) is 0.0895. The summed E-state index contributed by atoms with van der Waals surface area (Å²) in [5.41, 5.74) is 11.5. The molecule has 2 fully saturated rings. The standard InChI is InChI=1S/C31H32N6O5.C26H22N4O6.C6H13N.C2H6.2CH4.BH2O/c1-16-25(17(2)42-35-16)22-14-23-21(15-24(22)39-5)26-27(32-18(3)33-30(26)34-23)19-6-7-20(29-28(19)40-12-13-41-29)31(38)37-10-8-36(4)9-11-37;1-12-21(13(2)36-30-12)17-9-18-16(10-20(17)32-4)22-23(27-14(3)28-26(22)29-18)15-5-6-19(35-11-31)25-24(15)33-7-8-34-25;1-7-5-3-2-4-6-7;1-2;;;1-2/h6-7,14-15H,8-13H2,1-5H3,(H,32,33,34);5-6,9-11H,7-8H2,1-4H3,(H,27,28,29);2-6H2,1H3;1-2H3;2*1H4;1-2H/i;;;;;;1T. The number of aromatic nitrogens is 8. The van der Waals surface area contributed by atoms with E-state index in [1.165, 1.54) is 32.4 Å². The van der Waals surface area contributed by atoms with Gasteiger partial charge in [-0.3, -0.25) is 9.59 Å². The number of nitrogens with one attached hydrogen (secondary N) is 2. The third-order valence-electron chi connectivity index (χ3n) is 16.0. The predicted molar refractivity (Wildman–Crippen MR) is 354 cm³/mol. The minimum atomic E-state index is -0.0518. The number of fused-ring (bicyclic) bond motifs is 8. The van der Waals surface area contributed by atoms with Crippen LogP contribution < -0.4 is 33.2 Å². The first kappa shape index (κ1) is 66.2. The second-order valence-corrected chi connectivity index (χ2v) is 21.7. The van der Waals surface area contributed by atoms with Crippen molar-refractivity contribution in [3.63, 3.8) is 0 Å². The van der Waals surface area contributed by atoms with E-state index in [0.717, 1.165) is 84.9 Å². The summed E-state index contributed by atoms with van der Waals surface area (Å²) < 4.78 is 57.3. The van der Waals surface area contributed by atoms with Crippen molar-refractivity contribution in [3.8, 4) is 85.0 Å². The number of rotatable bonds is 9. The molecule has 0 unspecified atom stereocenters. The molecule has 4 aliphatic rings. The number of hydrogen-bond donors (Lipinski definition) is 3. The first-order valence-corrected chi connectivity index (χ1v) is 29.7. The molecule has 0 aliphatic carbocycles. The summed E-state index contributed by atoms with van der Waals surface area (Å²) in [5.74, 6) is 6.01. The third-order valence-corrected chi connectivity index (χ3v) is 16.0. The highest BCUT2D eigenvalue weighted by Gasteiger charge is 2.32. The number of H-pyrrole nitrogens is 2. The van der Waals surface area contributed by atoms with Crippen molar-refractivity contribution >= 4 is 64.3 Å². The summed E-state index contributed by atoms with van der Waals surface area (Å²) in [5, 5.41) is 18.8. The molecule has 10 aromatic rings. The Morgan fingerprint density at radius 1 is 0.593 bits per heavy atom. The minimum absolute atomic E-state index is 0. The largest absolute Gasteiger partial charge is 0.496 e. The Morgan fingerprint density at radius 2 is 1.03 bits per heavy atom. The average molecular weight is 1250 g/mol. The van der Waals surface area contributed by atoms with Crippen molar-refractivity contribution in [2.45, 2.75) is 89.5 Å². The Balaban J connectivity index is 0.000000199. The molecule has 0 saturated carbocycles. The van der Waals surface area contributed by atoms with Crippen LogP contribution in [-0.2, 0) is 4.79 Å². The van der Waals surface area contributed by atoms with E-state index in [1.54, 1.807) is 20.3 Å². The number of amides is 1. The summed E-state index contributed by atoms with van der Waals surface area (Å²) >= 11 is 0. The van der Waals surface area contributed by atoms with E-state index in [9.17, 15) is 9.59 Å². The molecule has 0 atom stereocenters. The van der Waals surface area contributed by atoms with Gasteiger partial charge in [0.1, 0.15) is 72.4 Å². The van der Waals surface area contributed by atoms with Gasteiger partial charge in [0.05, 0.1) is 64.5 Å². The molecule has 1 amide bonds. The summed E-state index contributed by atoms with van der Waals surface area (Å²) in [6.07, 6.45) is 4.28. The Kier molecular flexibility index (Phi) is 21.5. The molecule has 91 heavy (non-hydrogen) atoms. The zero-order valence-electron chi connectivity index (χ0n) is 53.4. The molecule has 24 heteroatoms. The number of ether oxygens (including phenoxy) is 7. The second-order valence-electron chi connectivity index (χ2n) is 21.7. The Labute approximate surface area is 532 Å². The van der Waals surface area contributed by atoms with Gasteiger partial charge in [0.2, 0.25) is 5.75 Å². The predicted octanol–water partition coefficient (Wildman–Crippen LogP) is 11.4. The van der Waals surface area contributed by atoms with Gasteiger partial charge in [0.25, 0.3) is 20.4 Å². The second kappa shape index (κ2) is 29.6. The number of benzene rings is 4. The molecule has 1 radical (unpaired) electrons. The Bertz CT molecular complexity index is 4210. The van der Waals surface area contributed by atoms with Crippen LogP contribution in [0.5, 0.6) is 40.2 Å². The molecule has 2 saturated heterocycles. The molecular weight excluding hydrogens is 1160 g/mol. The van der Waals surface area contributed by atoms with E-state index < -0.39 is 0 Å². The molecule has 4 aliphatic heterocycles. The summed E-state index contributed by atoms with van der Waals surface area (Å²) in [4.78, 5) is 57.1. The van der Waals surface area contributed by atoms with Crippen LogP contribution in [0.25, 0.3) is 88.6 Å². The number of carbonyl (C=O) groups excluding carboxylic acids is 2. The fourth-order valence-electron chi connectivity index (χ4n) is 11.9. The first-order valence-electron chi connectivity index (χ1n) is 30.3. The fourth-order valence-corrected chi connectivity index (χ4v) is 11.9. The topological polar surface area (TPSA) is 264 Å². The van der Waals surface area contributed by atoms with Crippen LogP contribution in [0, 0.1) is 41.5 Å². The van der Waals surface area contributed by atoms with Crippen LogP contribution in [0.1, 0.15) is 92.9 Å².